The van der Waals surface area contributed by atoms with Gasteiger partial charge in [0, 0.05) is 25.6 Å². The first-order valence-corrected chi connectivity index (χ1v) is 9.99. The lowest BCUT2D eigenvalue weighted by molar-refractivity contribution is -0.145. The summed E-state index contributed by atoms with van der Waals surface area (Å²) in [5, 5.41) is 13.6. The van der Waals surface area contributed by atoms with Crippen LogP contribution < -0.4 is 10.6 Å². The second-order valence-corrected chi connectivity index (χ2v) is 7.87. The van der Waals surface area contributed by atoms with Crippen molar-refractivity contribution in [3.63, 3.8) is 0 Å². The van der Waals surface area contributed by atoms with E-state index in [1.165, 1.54) is 19.3 Å². The number of hydrogen-bond donors (Lipinski definition) is 2. The van der Waals surface area contributed by atoms with Gasteiger partial charge in [-0.05, 0) is 44.4 Å². The lowest BCUT2D eigenvalue weighted by Crippen LogP contribution is -2.55. The molecule has 146 valence electrons. The number of carbonyl (C=O) groups excluding carboxylic acids is 2. The van der Waals surface area contributed by atoms with E-state index in [4.69, 9.17) is 0 Å². The van der Waals surface area contributed by atoms with Gasteiger partial charge in [-0.1, -0.05) is 17.4 Å². The van der Waals surface area contributed by atoms with Crippen molar-refractivity contribution in [1.82, 2.24) is 30.5 Å². The molecule has 2 heterocycles. The smallest absolute Gasteiger partial charge is 0.314 e. The van der Waals surface area contributed by atoms with E-state index in [0.717, 1.165) is 31.7 Å². The van der Waals surface area contributed by atoms with Gasteiger partial charge in [0.15, 0.2) is 0 Å². The van der Waals surface area contributed by atoms with Crippen molar-refractivity contribution in [2.24, 2.45) is 11.8 Å². The largest absolute Gasteiger partial charge is 0.341 e. The summed E-state index contributed by atoms with van der Waals surface area (Å²) in [6, 6.07) is 0.281. The third kappa shape index (κ3) is 3.70. The summed E-state index contributed by atoms with van der Waals surface area (Å²) in [6.45, 7) is 1.25. The van der Waals surface area contributed by atoms with Gasteiger partial charge in [0.2, 0.25) is 5.91 Å². The predicted molar refractivity (Wildman–Crippen MR) is 99.7 cm³/mol. The summed E-state index contributed by atoms with van der Waals surface area (Å²) in [5.74, 6) is 1.08. The van der Waals surface area contributed by atoms with Gasteiger partial charge in [0.1, 0.15) is 5.69 Å². The molecule has 8 heteroatoms. The molecular weight excluding hydrogens is 344 g/mol. The van der Waals surface area contributed by atoms with E-state index in [2.05, 4.69) is 38.0 Å². The summed E-state index contributed by atoms with van der Waals surface area (Å²) < 4.78 is 1.80. The molecule has 2 aliphatic carbocycles. The molecule has 2 N–H and O–H groups in total. The average molecular weight is 372 g/mol. The van der Waals surface area contributed by atoms with Crippen LogP contribution in [0.3, 0.4) is 0 Å². The van der Waals surface area contributed by atoms with E-state index >= 15 is 0 Å². The number of urea groups is 1. The lowest BCUT2D eigenvalue weighted by Gasteiger charge is -2.49. The first-order valence-electron chi connectivity index (χ1n) is 9.99. The molecule has 8 nitrogen and oxygen atoms in total. The van der Waals surface area contributed by atoms with Crippen LogP contribution in [0.2, 0.25) is 0 Å². The molecule has 1 saturated heterocycles. The zero-order chi connectivity index (χ0) is 18.8. The molecule has 1 aromatic rings. The number of piperidine rings is 1. The predicted octanol–water partition coefficient (Wildman–Crippen LogP) is 1.62. The van der Waals surface area contributed by atoms with Crippen LogP contribution >= 0.6 is 0 Å². The van der Waals surface area contributed by atoms with Crippen LogP contribution in [-0.2, 0) is 11.3 Å². The van der Waals surface area contributed by atoms with Crippen molar-refractivity contribution >= 4 is 11.9 Å². The van der Waals surface area contributed by atoms with Crippen molar-refractivity contribution in [2.75, 3.05) is 13.6 Å². The van der Waals surface area contributed by atoms with Gasteiger partial charge in [-0.25, -0.2) is 9.48 Å². The number of allylic oxidation sites excluding steroid dienone is 2. The fraction of sp³-hybridized carbons (Fsp3) is 0.684. The van der Waals surface area contributed by atoms with Crippen molar-refractivity contribution in [3.05, 3.63) is 24.0 Å². The summed E-state index contributed by atoms with van der Waals surface area (Å²) in [6.07, 6.45) is 12.5. The maximum Gasteiger partial charge on any atom is 0.314 e. The Balaban J connectivity index is 1.37. The van der Waals surface area contributed by atoms with Gasteiger partial charge in [-0.2, -0.15) is 0 Å². The highest BCUT2D eigenvalue weighted by molar-refractivity contribution is 5.80. The minimum atomic E-state index is -0.247. The molecule has 1 saturated carbocycles. The quantitative estimate of drug-likeness (QED) is 0.786. The molecule has 3 aliphatic rings. The van der Waals surface area contributed by atoms with Crippen LogP contribution in [0.4, 0.5) is 4.79 Å². The Morgan fingerprint density at radius 1 is 1.30 bits per heavy atom. The molecule has 0 unspecified atom stereocenters. The highest BCUT2D eigenvalue weighted by atomic mass is 16.2. The summed E-state index contributed by atoms with van der Waals surface area (Å²) in [5.41, 5.74) is 0.703. The highest BCUT2D eigenvalue weighted by Crippen LogP contribution is 2.40. The van der Waals surface area contributed by atoms with E-state index in [9.17, 15) is 9.59 Å². The Bertz CT molecular complexity index is 730. The number of aromatic nitrogens is 3. The summed E-state index contributed by atoms with van der Waals surface area (Å²) in [4.78, 5) is 26.6. The Labute approximate surface area is 159 Å². The number of fused-ring (bicyclic) bond motifs is 1. The van der Waals surface area contributed by atoms with Crippen molar-refractivity contribution in [3.8, 4) is 0 Å². The average Bonchev–Trinajstić information content (AvgIpc) is 3.15. The topological polar surface area (TPSA) is 92.2 Å². The Hall–Kier alpha value is -2.38. The van der Waals surface area contributed by atoms with Crippen LogP contribution in [0.15, 0.2) is 18.3 Å². The monoisotopic (exact) mass is 372 g/mol. The maximum atomic E-state index is 13.1. The molecule has 27 heavy (non-hydrogen) atoms. The second-order valence-electron chi connectivity index (χ2n) is 7.87. The number of nitrogens with one attached hydrogen (secondary N) is 2. The molecule has 0 spiro atoms. The minimum absolute atomic E-state index is 0.0241. The fourth-order valence-corrected chi connectivity index (χ4v) is 4.58. The fourth-order valence-electron chi connectivity index (χ4n) is 4.58. The van der Waals surface area contributed by atoms with Gasteiger partial charge in [0.05, 0.1) is 18.8 Å². The van der Waals surface area contributed by atoms with Crippen LogP contribution in [0.25, 0.3) is 0 Å². The summed E-state index contributed by atoms with van der Waals surface area (Å²) >= 11 is 0. The third-order valence-electron chi connectivity index (χ3n) is 6.24. The lowest BCUT2D eigenvalue weighted by atomic mass is 9.72. The maximum absolute atomic E-state index is 13.1. The molecule has 2 fully saturated rings. The van der Waals surface area contributed by atoms with E-state index in [-0.39, 0.29) is 18.0 Å². The number of amides is 3. The molecule has 0 aromatic carbocycles. The zero-order valence-corrected chi connectivity index (χ0v) is 15.8. The highest BCUT2D eigenvalue weighted by Gasteiger charge is 2.42. The number of likely N-dealkylation sites (tertiary alicyclic amines) is 1. The minimum Gasteiger partial charge on any atom is -0.341 e. The normalized spacial score (nSPS) is 29.6. The van der Waals surface area contributed by atoms with Crippen LogP contribution in [0.1, 0.15) is 50.3 Å². The molecular formula is C19H28N6O2. The SMILES string of the molecule is CNC(=O)NCc1cn([C@H]2C=CC[C@H](C(=O)N3CCC[C@@H]4CC[C@@H]43)C2)nn1. The van der Waals surface area contributed by atoms with Crippen molar-refractivity contribution < 1.29 is 9.59 Å². The van der Waals surface area contributed by atoms with Gasteiger partial charge >= 0.3 is 6.03 Å². The zero-order valence-electron chi connectivity index (χ0n) is 15.8. The Kier molecular flexibility index (Phi) is 5.13. The number of hydrogen-bond acceptors (Lipinski definition) is 4. The molecule has 1 aromatic heterocycles. The van der Waals surface area contributed by atoms with Crippen LogP contribution in [-0.4, -0.2) is 51.5 Å². The van der Waals surface area contributed by atoms with Crippen LogP contribution in [0, 0.1) is 11.8 Å². The Morgan fingerprint density at radius 2 is 2.19 bits per heavy atom. The van der Waals surface area contributed by atoms with Gasteiger partial charge < -0.3 is 15.5 Å². The van der Waals surface area contributed by atoms with E-state index < -0.39 is 0 Å². The summed E-state index contributed by atoms with van der Waals surface area (Å²) in [7, 11) is 1.57. The number of carbonyl (C=O) groups is 2. The van der Waals surface area contributed by atoms with Gasteiger partial charge in [-0.15, -0.1) is 5.10 Å². The first-order chi connectivity index (χ1) is 13.2. The second kappa shape index (κ2) is 7.70. The third-order valence-corrected chi connectivity index (χ3v) is 6.24. The van der Waals surface area contributed by atoms with Gasteiger partial charge in [0.25, 0.3) is 0 Å². The van der Waals surface area contributed by atoms with Crippen molar-refractivity contribution in [1.29, 1.82) is 0 Å². The standard InChI is InChI=1S/C19H28N6O2/c1-20-19(27)21-11-15-12-25(23-22-15)16-6-2-4-14(10-16)18(26)24-9-3-5-13-7-8-17(13)24/h2,6,12-14,16-17H,3-5,7-11H2,1H3,(H2,20,21,27)/t13-,14+,16+,17+/m1/s1. The molecule has 1 aliphatic heterocycles. The van der Waals surface area contributed by atoms with E-state index in [1.54, 1.807) is 11.7 Å². The molecule has 3 amide bonds. The van der Waals surface area contributed by atoms with E-state index in [1.807, 2.05) is 6.20 Å². The van der Waals surface area contributed by atoms with Gasteiger partial charge in [-0.3, -0.25) is 4.79 Å². The van der Waals surface area contributed by atoms with Crippen molar-refractivity contribution in [2.45, 2.75) is 57.2 Å². The number of nitrogens with zero attached hydrogens (tertiary/aromatic N) is 4. The number of rotatable bonds is 4. The first kappa shape index (κ1) is 18.0. The molecule has 4 rings (SSSR count). The molecule has 0 bridgehead atoms. The molecule has 4 atom stereocenters. The Morgan fingerprint density at radius 3 is 2.96 bits per heavy atom. The van der Waals surface area contributed by atoms with E-state index in [0.29, 0.717) is 24.2 Å². The van der Waals surface area contributed by atoms with Crippen LogP contribution in [0.5, 0.6) is 0 Å². The molecule has 0 radical (unpaired) electrons.